The third-order valence-electron chi connectivity index (χ3n) is 4.57. The van der Waals surface area contributed by atoms with Gasteiger partial charge in [0.05, 0.1) is 0 Å². The first-order valence-electron chi connectivity index (χ1n) is 8.28. The van der Waals surface area contributed by atoms with Crippen LogP contribution in [0.4, 0.5) is 0 Å². The number of allylic oxidation sites excluding steroid dienone is 1. The molecule has 3 aromatic carbocycles. The Morgan fingerprint density at radius 2 is 1.69 bits per heavy atom. The zero-order chi connectivity index (χ0) is 18.9. The minimum absolute atomic E-state index is 0.172. The molecule has 0 saturated carbocycles. The lowest BCUT2D eigenvalue weighted by molar-refractivity contribution is 0.284. The Balaban J connectivity index is 2.33. The lowest BCUT2D eigenvalue weighted by Gasteiger charge is -2.18. The summed E-state index contributed by atoms with van der Waals surface area (Å²) >= 11 is 0. The first kappa shape index (κ1) is 18.4. The maximum atomic E-state index is 11.5. The van der Waals surface area contributed by atoms with Crippen molar-refractivity contribution in [2.45, 2.75) is 20.3 Å². The van der Waals surface area contributed by atoms with E-state index in [0.717, 1.165) is 33.0 Å². The van der Waals surface area contributed by atoms with Crippen molar-refractivity contribution in [2.75, 3.05) is 0 Å². The SMILES string of the molecule is C=CCc1c(-c2cc3ccccc3cc2OP(=O)(O)O)ccc(C)c1C. The van der Waals surface area contributed by atoms with E-state index in [0.29, 0.717) is 12.0 Å². The molecule has 2 N–H and O–H groups in total. The summed E-state index contributed by atoms with van der Waals surface area (Å²) in [5.74, 6) is 0.172. The fourth-order valence-electron chi connectivity index (χ4n) is 3.17. The molecule has 0 unspecified atom stereocenters. The Morgan fingerprint density at radius 1 is 1.04 bits per heavy atom. The van der Waals surface area contributed by atoms with Crippen LogP contribution in [0.3, 0.4) is 0 Å². The molecule has 4 nitrogen and oxygen atoms in total. The molecular weight excluding hydrogens is 347 g/mol. The monoisotopic (exact) mass is 368 g/mol. The summed E-state index contributed by atoms with van der Waals surface area (Å²) in [6.07, 6.45) is 2.49. The highest BCUT2D eigenvalue weighted by Gasteiger charge is 2.21. The van der Waals surface area contributed by atoms with Gasteiger partial charge in [0.1, 0.15) is 5.75 Å². The van der Waals surface area contributed by atoms with Gasteiger partial charge in [0.25, 0.3) is 0 Å². The predicted octanol–water partition coefficient (Wildman–Crippen LogP) is 5.32. The molecule has 3 aromatic rings. The summed E-state index contributed by atoms with van der Waals surface area (Å²) in [5, 5.41) is 1.83. The van der Waals surface area contributed by atoms with Gasteiger partial charge in [-0.2, -0.15) is 0 Å². The highest BCUT2D eigenvalue weighted by molar-refractivity contribution is 7.46. The molecule has 134 valence electrons. The summed E-state index contributed by atoms with van der Waals surface area (Å²) < 4.78 is 16.5. The topological polar surface area (TPSA) is 66.8 Å². The van der Waals surface area contributed by atoms with E-state index in [-0.39, 0.29) is 5.75 Å². The lowest BCUT2D eigenvalue weighted by atomic mass is 9.90. The molecule has 0 radical (unpaired) electrons. The van der Waals surface area contributed by atoms with Gasteiger partial charge in [-0.15, -0.1) is 6.58 Å². The van der Waals surface area contributed by atoms with Gasteiger partial charge in [-0.1, -0.05) is 42.5 Å². The third-order valence-corrected chi connectivity index (χ3v) is 5.01. The Labute approximate surface area is 153 Å². The summed E-state index contributed by atoms with van der Waals surface area (Å²) in [6.45, 7) is 7.92. The van der Waals surface area contributed by atoms with E-state index in [1.54, 1.807) is 6.07 Å². The molecule has 0 aromatic heterocycles. The second kappa shape index (κ2) is 7.08. The molecular formula is C21H21O4P. The average molecular weight is 368 g/mol. The van der Waals surface area contributed by atoms with Crippen LogP contribution in [0.25, 0.3) is 21.9 Å². The minimum Gasteiger partial charge on any atom is -0.404 e. The number of fused-ring (bicyclic) bond motifs is 1. The van der Waals surface area contributed by atoms with Crippen molar-refractivity contribution in [1.29, 1.82) is 0 Å². The Bertz CT molecular complexity index is 1030. The Hall–Kier alpha value is -2.39. The first-order valence-corrected chi connectivity index (χ1v) is 9.81. The molecule has 0 fully saturated rings. The number of hydrogen-bond donors (Lipinski definition) is 2. The van der Waals surface area contributed by atoms with Crippen LogP contribution in [0.5, 0.6) is 5.75 Å². The van der Waals surface area contributed by atoms with Crippen LogP contribution in [0.1, 0.15) is 16.7 Å². The maximum Gasteiger partial charge on any atom is 0.524 e. The number of rotatable bonds is 5. The van der Waals surface area contributed by atoms with Crippen LogP contribution in [-0.2, 0) is 11.0 Å². The summed E-state index contributed by atoms with van der Waals surface area (Å²) in [5.41, 5.74) is 4.92. The van der Waals surface area contributed by atoms with Gasteiger partial charge in [-0.05, 0) is 65.4 Å². The van der Waals surface area contributed by atoms with Gasteiger partial charge in [0.15, 0.2) is 0 Å². The standard InChI is InChI=1S/C21H21O4P/c1-4-7-18-15(3)14(2)10-11-19(18)20-12-16-8-5-6-9-17(16)13-21(20)25-26(22,23)24/h4-6,8-13H,1,7H2,2-3H3,(H2,22,23,24). The van der Waals surface area contributed by atoms with Crippen LogP contribution < -0.4 is 4.52 Å². The van der Waals surface area contributed by atoms with E-state index in [4.69, 9.17) is 4.52 Å². The van der Waals surface area contributed by atoms with Gasteiger partial charge in [-0.25, -0.2) is 4.57 Å². The largest absolute Gasteiger partial charge is 0.524 e. The molecule has 0 aliphatic carbocycles. The number of benzene rings is 3. The van der Waals surface area contributed by atoms with E-state index >= 15 is 0 Å². The van der Waals surface area contributed by atoms with Crippen molar-refractivity contribution in [2.24, 2.45) is 0 Å². The van der Waals surface area contributed by atoms with Gasteiger partial charge < -0.3 is 4.52 Å². The third kappa shape index (κ3) is 3.73. The molecule has 0 amide bonds. The number of aryl methyl sites for hydroxylation is 1. The molecule has 0 saturated heterocycles. The van der Waals surface area contributed by atoms with E-state index in [1.807, 2.05) is 62.4 Å². The normalized spacial score (nSPS) is 11.5. The van der Waals surface area contributed by atoms with Crippen molar-refractivity contribution >= 4 is 18.6 Å². The molecule has 0 aliphatic rings. The number of hydrogen-bond acceptors (Lipinski definition) is 2. The molecule has 0 atom stereocenters. The van der Waals surface area contributed by atoms with Gasteiger partial charge in [0.2, 0.25) is 0 Å². The fourth-order valence-corrected chi connectivity index (χ4v) is 3.57. The van der Waals surface area contributed by atoms with Gasteiger partial charge in [0, 0.05) is 5.56 Å². The van der Waals surface area contributed by atoms with Crippen molar-refractivity contribution in [1.82, 2.24) is 0 Å². The zero-order valence-corrected chi connectivity index (χ0v) is 15.7. The van der Waals surface area contributed by atoms with Gasteiger partial charge in [-0.3, -0.25) is 9.79 Å². The van der Waals surface area contributed by atoms with Crippen molar-refractivity contribution in [3.05, 3.63) is 77.9 Å². The first-order chi connectivity index (χ1) is 12.3. The predicted molar refractivity (Wildman–Crippen MR) is 105 cm³/mol. The van der Waals surface area contributed by atoms with Crippen LogP contribution in [0.2, 0.25) is 0 Å². The fraction of sp³-hybridized carbons (Fsp3) is 0.143. The highest BCUT2D eigenvalue weighted by atomic mass is 31.2. The maximum absolute atomic E-state index is 11.5. The number of phosphoric ester groups is 1. The van der Waals surface area contributed by atoms with Crippen molar-refractivity contribution in [3.63, 3.8) is 0 Å². The second-order valence-corrected chi connectivity index (χ2v) is 7.47. The Morgan fingerprint density at radius 3 is 2.31 bits per heavy atom. The summed E-state index contributed by atoms with van der Waals surface area (Å²) in [4.78, 5) is 18.7. The molecule has 5 heteroatoms. The average Bonchev–Trinajstić information content (AvgIpc) is 2.58. The lowest BCUT2D eigenvalue weighted by Crippen LogP contribution is -1.98. The second-order valence-electron chi connectivity index (χ2n) is 6.30. The molecule has 26 heavy (non-hydrogen) atoms. The van der Waals surface area contributed by atoms with Crippen LogP contribution in [0.15, 0.2) is 61.2 Å². The molecule has 0 bridgehead atoms. The van der Waals surface area contributed by atoms with Crippen molar-refractivity contribution < 1.29 is 18.9 Å². The van der Waals surface area contributed by atoms with Crippen LogP contribution in [-0.4, -0.2) is 9.79 Å². The van der Waals surface area contributed by atoms with Crippen LogP contribution >= 0.6 is 7.82 Å². The van der Waals surface area contributed by atoms with Crippen molar-refractivity contribution in [3.8, 4) is 16.9 Å². The zero-order valence-electron chi connectivity index (χ0n) is 14.8. The van der Waals surface area contributed by atoms with E-state index in [9.17, 15) is 14.4 Å². The molecule has 0 spiro atoms. The molecule has 0 heterocycles. The quantitative estimate of drug-likeness (QED) is 0.472. The molecule has 3 rings (SSSR count). The smallest absolute Gasteiger partial charge is 0.404 e. The Kier molecular flexibility index (Phi) is 5.01. The summed E-state index contributed by atoms with van der Waals surface area (Å²) in [7, 11) is -4.69. The van der Waals surface area contributed by atoms with Crippen LogP contribution in [0, 0.1) is 13.8 Å². The number of phosphoric acid groups is 1. The minimum atomic E-state index is -4.69. The van der Waals surface area contributed by atoms with E-state index < -0.39 is 7.82 Å². The molecule has 0 aliphatic heterocycles. The van der Waals surface area contributed by atoms with Gasteiger partial charge >= 0.3 is 7.82 Å². The highest BCUT2D eigenvalue weighted by Crippen LogP contribution is 2.45. The van der Waals surface area contributed by atoms with E-state index in [2.05, 4.69) is 6.58 Å². The van der Waals surface area contributed by atoms with E-state index in [1.165, 1.54) is 0 Å². The summed E-state index contributed by atoms with van der Waals surface area (Å²) in [6, 6.07) is 15.2.